The molecule has 4 nitrogen and oxygen atoms in total. The highest BCUT2D eigenvalue weighted by molar-refractivity contribution is 5.99. The average molecular weight is 248 g/mol. The first-order valence-electron chi connectivity index (χ1n) is 6.40. The molecular formula is C14H20N2O2. The summed E-state index contributed by atoms with van der Waals surface area (Å²) in [4.78, 5) is 14.3. The van der Waals surface area contributed by atoms with Crippen LogP contribution >= 0.6 is 0 Å². The van der Waals surface area contributed by atoms with Gasteiger partial charge < -0.3 is 15.7 Å². The molecule has 2 rings (SSSR count). The zero-order chi connectivity index (χ0) is 13.3. The molecule has 0 aromatic heterocycles. The van der Waals surface area contributed by atoms with E-state index in [9.17, 15) is 9.90 Å². The molecule has 3 N–H and O–H groups in total. The van der Waals surface area contributed by atoms with Gasteiger partial charge in [-0.1, -0.05) is 6.92 Å². The topological polar surface area (TPSA) is 66.6 Å². The molecule has 1 heterocycles. The van der Waals surface area contributed by atoms with Crippen molar-refractivity contribution in [3.8, 4) is 5.75 Å². The average Bonchev–Trinajstić information content (AvgIpc) is 2.35. The van der Waals surface area contributed by atoms with Gasteiger partial charge in [0, 0.05) is 18.3 Å². The fourth-order valence-electron chi connectivity index (χ4n) is 2.51. The van der Waals surface area contributed by atoms with Gasteiger partial charge in [-0.3, -0.25) is 4.79 Å². The smallest absolute Gasteiger partial charge is 0.256 e. The van der Waals surface area contributed by atoms with Crippen LogP contribution in [0, 0.1) is 5.92 Å². The quantitative estimate of drug-likeness (QED) is 0.591. The predicted molar refractivity (Wildman–Crippen MR) is 71.4 cm³/mol. The van der Waals surface area contributed by atoms with Gasteiger partial charge in [-0.05, 0) is 43.9 Å². The zero-order valence-corrected chi connectivity index (χ0v) is 10.9. The van der Waals surface area contributed by atoms with Crippen LogP contribution in [0.2, 0.25) is 0 Å². The van der Waals surface area contributed by atoms with Crippen LogP contribution in [0.3, 0.4) is 0 Å². The fourth-order valence-corrected chi connectivity index (χ4v) is 2.51. The molecule has 1 aliphatic heterocycles. The summed E-state index contributed by atoms with van der Waals surface area (Å²) < 4.78 is 0. The van der Waals surface area contributed by atoms with Crippen LogP contribution in [0.5, 0.6) is 5.75 Å². The van der Waals surface area contributed by atoms with E-state index in [2.05, 4.69) is 13.8 Å². The highest BCUT2D eigenvalue weighted by Crippen LogP contribution is 2.27. The third kappa shape index (κ3) is 2.28. The van der Waals surface area contributed by atoms with Crippen LogP contribution in [0.15, 0.2) is 18.2 Å². The Morgan fingerprint density at radius 1 is 1.44 bits per heavy atom. The van der Waals surface area contributed by atoms with Gasteiger partial charge in [0.15, 0.2) is 0 Å². The minimum absolute atomic E-state index is 0.0743. The Morgan fingerprint density at radius 2 is 2.17 bits per heavy atom. The molecule has 1 aliphatic rings. The van der Waals surface area contributed by atoms with Gasteiger partial charge in [0.2, 0.25) is 0 Å². The molecule has 18 heavy (non-hydrogen) atoms. The second-order valence-electron chi connectivity index (χ2n) is 5.13. The van der Waals surface area contributed by atoms with Crippen LogP contribution in [-0.4, -0.2) is 28.5 Å². The van der Waals surface area contributed by atoms with Gasteiger partial charge in [-0.25, -0.2) is 0 Å². The van der Waals surface area contributed by atoms with E-state index in [1.165, 1.54) is 12.1 Å². The minimum atomic E-state index is -0.0811. The highest BCUT2D eigenvalue weighted by atomic mass is 16.3. The fraction of sp³-hybridized carbons (Fsp3) is 0.500. The van der Waals surface area contributed by atoms with Gasteiger partial charge in [0.05, 0.1) is 5.56 Å². The minimum Gasteiger partial charge on any atom is -0.508 e. The summed E-state index contributed by atoms with van der Waals surface area (Å²) >= 11 is 0. The molecule has 0 radical (unpaired) electrons. The first kappa shape index (κ1) is 12.7. The maximum Gasteiger partial charge on any atom is 0.256 e. The molecule has 0 bridgehead atoms. The van der Waals surface area contributed by atoms with E-state index in [-0.39, 0.29) is 17.7 Å². The van der Waals surface area contributed by atoms with E-state index in [1.807, 2.05) is 4.90 Å². The Labute approximate surface area is 107 Å². The number of anilines is 1. The van der Waals surface area contributed by atoms with Gasteiger partial charge >= 0.3 is 0 Å². The number of piperidine rings is 1. The van der Waals surface area contributed by atoms with Crippen molar-refractivity contribution in [3.63, 3.8) is 0 Å². The number of hydrogen-bond acceptors (Lipinski definition) is 3. The monoisotopic (exact) mass is 248 g/mol. The van der Waals surface area contributed by atoms with E-state index < -0.39 is 0 Å². The number of phenols is 1. The van der Waals surface area contributed by atoms with Crippen molar-refractivity contribution in [2.45, 2.75) is 32.7 Å². The number of nitrogens with zero attached hydrogens (tertiary/aromatic N) is 1. The normalized spacial score (nSPS) is 24.0. The van der Waals surface area contributed by atoms with Crippen LogP contribution in [-0.2, 0) is 0 Å². The van der Waals surface area contributed by atoms with Gasteiger partial charge in [0.25, 0.3) is 5.91 Å². The Hall–Kier alpha value is -1.71. The number of rotatable bonds is 1. The molecule has 0 saturated carbocycles. The number of amides is 1. The summed E-state index contributed by atoms with van der Waals surface area (Å²) in [6.07, 6.45) is 2.18. The standard InChI is InChI=1S/C14H20N2O2/c1-9-4-3-7-16(10(9)2)14(18)12-8-11(17)5-6-13(12)15/h5-6,8-10,17H,3-4,7,15H2,1-2H3. The number of carbonyl (C=O) groups excluding carboxylic acids is 1. The van der Waals surface area contributed by atoms with Crippen LogP contribution in [0.4, 0.5) is 5.69 Å². The summed E-state index contributed by atoms with van der Waals surface area (Å²) in [5.41, 5.74) is 6.64. The number of nitrogen functional groups attached to an aromatic ring is 1. The van der Waals surface area contributed by atoms with Crippen molar-refractivity contribution in [2.24, 2.45) is 5.92 Å². The van der Waals surface area contributed by atoms with E-state index in [0.29, 0.717) is 17.2 Å². The van der Waals surface area contributed by atoms with E-state index >= 15 is 0 Å². The molecule has 2 atom stereocenters. The van der Waals surface area contributed by atoms with Crippen molar-refractivity contribution < 1.29 is 9.90 Å². The number of nitrogens with two attached hydrogens (primary N) is 1. The molecule has 1 saturated heterocycles. The van der Waals surface area contributed by atoms with Crippen LogP contribution < -0.4 is 5.73 Å². The molecule has 0 spiro atoms. The molecule has 98 valence electrons. The second kappa shape index (κ2) is 4.88. The lowest BCUT2D eigenvalue weighted by Gasteiger charge is -2.38. The second-order valence-corrected chi connectivity index (χ2v) is 5.13. The molecule has 2 unspecified atom stereocenters. The Morgan fingerprint density at radius 3 is 2.89 bits per heavy atom. The Kier molecular flexibility index (Phi) is 3.45. The van der Waals surface area contributed by atoms with E-state index in [4.69, 9.17) is 5.73 Å². The van der Waals surface area contributed by atoms with Gasteiger partial charge in [0.1, 0.15) is 5.75 Å². The first-order chi connectivity index (χ1) is 8.50. The van der Waals surface area contributed by atoms with Crippen molar-refractivity contribution in [3.05, 3.63) is 23.8 Å². The number of aromatic hydroxyl groups is 1. The number of hydrogen-bond donors (Lipinski definition) is 2. The third-order valence-corrected chi connectivity index (χ3v) is 3.90. The summed E-state index contributed by atoms with van der Waals surface area (Å²) in [5.74, 6) is 0.494. The number of benzene rings is 1. The summed E-state index contributed by atoms with van der Waals surface area (Å²) in [7, 11) is 0. The Balaban J connectivity index is 2.27. The Bertz CT molecular complexity index is 459. The molecule has 1 aromatic rings. The predicted octanol–water partition coefficient (Wildman–Crippen LogP) is 2.24. The summed E-state index contributed by atoms with van der Waals surface area (Å²) in [5, 5.41) is 9.48. The largest absolute Gasteiger partial charge is 0.508 e. The van der Waals surface area contributed by atoms with Crippen molar-refractivity contribution in [1.82, 2.24) is 4.90 Å². The third-order valence-electron chi connectivity index (χ3n) is 3.90. The van der Waals surface area contributed by atoms with Gasteiger partial charge in [-0.15, -0.1) is 0 Å². The highest BCUT2D eigenvalue weighted by Gasteiger charge is 2.29. The van der Waals surface area contributed by atoms with E-state index in [1.54, 1.807) is 6.07 Å². The van der Waals surface area contributed by atoms with Crippen molar-refractivity contribution in [2.75, 3.05) is 12.3 Å². The molecule has 0 aliphatic carbocycles. The lowest BCUT2D eigenvalue weighted by atomic mass is 9.91. The maximum atomic E-state index is 12.5. The van der Waals surface area contributed by atoms with Crippen LogP contribution in [0.25, 0.3) is 0 Å². The molecule has 1 aromatic carbocycles. The van der Waals surface area contributed by atoms with Crippen LogP contribution in [0.1, 0.15) is 37.0 Å². The van der Waals surface area contributed by atoms with Gasteiger partial charge in [-0.2, -0.15) is 0 Å². The molecule has 1 amide bonds. The summed E-state index contributed by atoms with van der Waals surface area (Å²) in [6, 6.07) is 4.73. The van der Waals surface area contributed by atoms with E-state index in [0.717, 1.165) is 19.4 Å². The summed E-state index contributed by atoms with van der Waals surface area (Å²) in [6.45, 7) is 5.00. The molecular weight excluding hydrogens is 228 g/mol. The number of carbonyl (C=O) groups is 1. The maximum absolute atomic E-state index is 12.5. The lowest BCUT2D eigenvalue weighted by Crippen LogP contribution is -2.46. The number of likely N-dealkylation sites (tertiary alicyclic amines) is 1. The first-order valence-corrected chi connectivity index (χ1v) is 6.40. The SMILES string of the molecule is CC1CCCN(C(=O)c2cc(O)ccc2N)C1C. The zero-order valence-electron chi connectivity index (χ0n) is 10.9. The lowest BCUT2D eigenvalue weighted by molar-refractivity contribution is 0.0551. The molecule has 1 fully saturated rings. The van der Waals surface area contributed by atoms with Crippen molar-refractivity contribution in [1.29, 1.82) is 0 Å². The van der Waals surface area contributed by atoms with Crippen molar-refractivity contribution >= 4 is 11.6 Å². The molecule has 4 heteroatoms. The number of phenolic OH excluding ortho intramolecular Hbond substituents is 1.